The lowest BCUT2D eigenvalue weighted by Crippen LogP contribution is -2.40. The lowest BCUT2D eigenvalue weighted by Gasteiger charge is -2.25. The van der Waals surface area contributed by atoms with Gasteiger partial charge < -0.3 is 14.8 Å². The lowest BCUT2D eigenvalue weighted by molar-refractivity contribution is -0.113. The number of anilines is 1. The fourth-order valence-electron chi connectivity index (χ4n) is 4.51. The van der Waals surface area contributed by atoms with Gasteiger partial charge in [0.1, 0.15) is 6.61 Å². The number of aromatic nitrogens is 1. The first kappa shape index (κ1) is 27.2. The Morgan fingerprint density at radius 2 is 1.88 bits per heavy atom. The summed E-state index contributed by atoms with van der Waals surface area (Å²) in [5, 5.41) is 2.96. The molecule has 0 spiro atoms. The number of hydrogen-bond donors (Lipinski definition) is 1. The molecule has 0 radical (unpaired) electrons. The van der Waals surface area contributed by atoms with Crippen LogP contribution in [0.1, 0.15) is 24.1 Å². The second-order valence-electron chi connectivity index (χ2n) is 8.84. The highest BCUT2D eigenvalue weighted by molar-refractivity contribution is 9.10. The number of terminal acetylenes is 1. The molecule has 1 amide bonds. The van der Waals surface area contributed by atoms with Crippen LogP contribution in [0.4, 0.5) is 5.69 Å². The Bertz CT molecular complexity index is 1840. The summed E-state index contributed by atoms with van der Waals surface area (Å²) < 4.78 is 13.8. The predicted octanol–water partition coefficient (Wildman–Crippen LogP) is 4.66. The van der Waals surface area contributed by atoms with Gasteiger partial charge in [-0.1, -0.05) is 65.8 Å². The third kappa shape index (κ3) is 5.37. The van der Waals surface area contributed by atoms with Crippen molar-refractivity contribution in [1.82, 2.24) is 4.57 Å². The molecule has 0 unspecified atom stereocenters. The van der Waals surface area contributed by atoms with E-state index in [-0.39, 0.29) is 18.1 Å². The number of hydrogen-bond acceptors (Lipinski definition) is 6. The molecule has 200 valence electrons. The van der Waals surface area contributed by atoms with Gasteiger partial charge in [-0.05, 0) is 64.3 Å². The summed E-state index contributed by atoms with van der Waals surface area (Å²) in [6.07, 6.45) is 7.11. The number of methoxy groups -OCH3 is 1. The maximum absolute atomic E-state index is 13.9. The fraction of sp³-hybridized carbons (Fsp3) is 0.129. The molecule has 1 atom stereocenters. The second-order valence-corrected chi connectivity index (χ2v) is 10.7. The van der Waals surface area contributed by atoms with E-state index in [2.05, 4.69) is 27.2 Å². The highest BCUT2D eigenvalue weighted by Gasteiger charge is 2.32. The van der Waals surface area contributed by atoms with Crippen molar-refractivity contribution in [2.24, 2.45) is 4.99 Å². The van der Waals surface area contributed by atoms with E-state index in [1.165, 1.54) is 18.4 Å². The normalized spacial score (nSPS) is 14.7. The van der Waals surface area contributed by atoms with Crippen LogP contribution in [0.15, 0.2) is 98.3 Å². The number of halogens is 1. The van der Waals surface area contributed by atoms with Crippen molar-refractivity contribution >= 4 is 44.9 Å². The molecule has 0 saturated carbocycles. The van der Waals surface area contributed by atoms with Gasteiger partial charge in [0.05, 0.1) is 33.4 Å². The Morgan fingerprint density at radius 1 is 1.18 bits per heavy atom. The molecular formula is C31H24BrN3O4S. The van der Waals surface area contributed by atoms with E-state index in [4.69, 9.17) is 20.9 Å². The third-order valence-corrected chi connectivity index (χ3v) is 7.83. The Morgan fingerprint density at radius 3 is 2.55 bits per heavy atom. The molecule has 4 aromatic rings. The van der Waals surface area contributed by atoms with Crippen LogP contribution in [0.5, 0.6) is 11.5 Å². The first-order valence-corrected chi connectivity index (χ1v) is 13.9. The molecule has 7 nitrogen and oxygen atoms in total. The molecule has 1 aliphatic rings. The van der Waals surface area contributed by atoms with E-state index in [0.29, 0.717) is 42.3 Å². The lowest BCUT2D eigenvalue weighted by atomic mass is 9.95. The van der Waals surface area contributed by atoms with Gasteiger partial charge >= 0.3 is 0 Å². The number of amides is 1. The summed E-state index contributed by atoms with van der Waals surface area (Å²) >= 11 is 4.78. The summed E-state index contributed by atoms with van der Waals surface area (Å²) in [5.41, 5.74) is 2.89. The van der Waals surface area contributed by atoms with Crippen LogP contribution in [0.25, 0.3) is 6.08 Å². The number of carbonyl (C=O) groups excluding carboxylic acids is 1. The van der Waals surface area contributed by atoms with Gasteiger partial charge in [0, 0.05) is 5.69 Å². The van der Waals surface area contributed by atoms with E-state index in [1.54, 1.807) is 23.6 Å². The van der Waals surface area contributed by atoms with Gasteiger partial charge in [0.15, 0.2) is 16.3 Å². The molecule has 0 aliphatic carbocycles. The largest absolute Gasteiger partial charge is 0.493 e. The van der Waals surface area contributed by atoms with Crippen LogP contribution < -0.4 is 29.7 Å². The van der Waals surface area contributed by atoms with Gasteiger partial charge in [0.2, 0.25) is 0 Å². The Hall–Kier alpha value is -4.39. The highest BCUT2D eigenvalue weighted by Crippen LogP contribution is 2.37. The molecule has 1 aliphatic heterocycles. The van der Waals surface area contributed by atoms with E-state index < -0.39 is 6.04 Å². The minimum absolute atomic E-state index is 0.0892. The van der Waals surface area contributed by atoms with Crippen molar-refractivity contribution in [2.75, 3.05) is 19.0 Å². The molecule has 0 saturated heterocycles. The maximum atomic E-state index is 13.9. The van der Waals surface area contributed by atoms with E-state index in [9.17, 15) is 9.59 Å². The van der Waals surface area contributed by atoms with Crippen LogP contribution >= 0.6 is 27.3 Å². The molecule has 0 bridgehead atoms. The number of ether oxygens (including phenoxy) is 2. The van der Waals surface area contributed by atoms with E-state index in [0.717, 1.165) is 11.1 Å². The summed E-state index contributed by atoms with van der Waals surface area (Å²) in [5.74, 6) is 3.08. The SMILES string of the molecule is C#CCOc1c(Br)cc(/C=c2\sc3n(c2=O)[C@@H](c2ccccc2)C(C(=O)Nc2ccccc2)=C(C)N=3)cc1OC. The number of benzene rings is 3. The molecule has 2 heterocycles. The smallest absolute Gasteiger partial charge is 0.271 e. The van der Waals surface area contributed by atoms with Crippen LogP contribution in [-0.4, -0.2) is 24.2 Å². The topological polar surface area (TPSA) is 81.9 Å². The highest BCUT2D eigenvalue weighted by atomic mass is 79.9. The Balaban J connectivity index is 1.63. The molecule has 40 heavy (non-hydrogen) atoms. The van der Waals surface area contributed by atoms with Gasteiger partial charge in [-0.25, -0.2) is 4.99 Å². The van der Waals surface area contributed by atoms with Gasteiger partial charge in [-0.15, -0.1) is 6.42 Å². The molecule has 9 heteroatoms. The minimum Gasteiger partial charge on any atom is -0.493 e. The van der Waals surface area contributed by atoms with Crippen LogP contribution in [0, 0.1) is 12.3 Å². The number of allylic oxidation sites excluding steroid dienone is 1. The summed E-state index contributed by atoms with van der Waals surface area (Å²) in [6.45, 7) is 1.88. The first-order chi connectivity index (χ1) is 19.4. The zero-order valence-electron chi connectivity index (χ0n) is 21.7. The number of fused-ring (bicyclic) bond motifs is 1. The second kappa shape index (κ2) is 11.8. The van der Waals surface area contributed by atoms with Crippen LogP contribution in [-0.2, 0) is 4.79 Å². The molecule has 3 aromatic carbocycles. The molecular weight excluding hydrogens is 590 g/mol. The summed E-state index contributed by atoms with van der Waals surface area (Å²) in [4.78, 5) is 32.7. The van der Waals surface area contributed by atoms with Crippen LogP contribution in [0.3, 0.4) is 0 Å². The van der Waals surface area contributed by atoms with Gasteiger partial charge in [-0.3, -0.25) is 14.2 Å². The summed E-state index contributed by atoms with van der Waals surface area (Å²) in [7, 11) is 1.53. The van der Waals surface area contributed by atoms with Crippen molar-refractivity contribution in [3.8, 4) is 23.8 Å². The fourth-order valence-corrected chi connectivity index (χ4v) is 6.13. The van der Waals surface area contributed by atoms with Gasteiger partial charge in [0.25, 0.3) is 11.5 Å². The van der Waals surface area contributed by atoms with E-state index in [1.807, 2.05) is 66.7 Å². The van der Waals surface area contributed by atoms with Crippen molar-refractivity contribution in [3.63, 3.8) is 0 Å². The minimum atomic E-state index is -0.649. The van der Waals surface area contributed by atoms with Crippen molar-refractivity contribution in [2.45, 2.75) is 13.0 Å². The van der Waals surface area contributed by atoms with Crippen LogP contribution in [0.2, 0.25) is 0 Å². The summed E-state index contributed by atoms with van der Waals surface area (Å²) in [6, 6.07) is 21.7. The quantitative estimate of drug-likeness (QED) is 0.308. The monoisotopic (exact) mass is 613 g/mol. The maximum Gasteiger partial charge on any atom is 0.271 e. The Labute approximate surface area is 243 Å². The zero-order valence-corrected chi connectivity index (χ0v) is 24.1. The molecule has 0 fully saturated rings. The number of thiazole rings is 1. The first-order valence-electron chi connectivity index (χ1n) is 12.3. The standard InChI is InChI=1S/C31H24BrN3O4S/c1-4-15-39-28-23(32)16-20(17-24(28)38-3)18-25-30(37)35-27(21-11-7-5-8-12-21)26(19(2)33-31(35)40-25)29(36)34-22-13-9-6-10-14-22/h1,5-14,16-18,27H,15H2,2-3H3,(H,34,36)/b25-18-/t27-/m0/s1. The average molecular weight is 615 g/mol. The zero-order chi connectivity index (χ0) is 28.2. The van der Waals surface area contributed by atoms with E-state index >= 15 is 0 Å². The number of rotatable bonds is 7. The van der Waals surface area contributed by atoms with Crippen molar-refractivity contribution in [1.29, 1.82) is 0 Å². The molecule has 1 aromatic heterocycles. The number of nitrogens with zero attached hydrogens (tertiary/aromatic N) is 2. The number of nitrogens with one attached hydrogen (secondary N) is 1. The molecule has 5 rings (SSSR count). The van der Waals surface area contributed by atoms with Crippen molar-refractivity contribution < 1.29 is 14.3 Å². The molecule has 1 N–H and O–H groups in total. The third-order valence-electron chi connectivity index (χ3n) is 6.26. The number of carbonyl (C=O) groups is 1. The van der Waals surface area contributed by atoms with Gasteiger partial charge in [-0.2, -0.15) is 0 Å². The Kier molecular flexibility index (Phi) is 8.01. The predicted molar refractivity (Wildman–Crippen MR) is 160 cm³/mol. The van der Waals surface area contributed by atoms with Crippen molar-refractivity contribution in [3.05, 3.63) is 119 Å². The number of para-hydroxylation sites is 1. The average Bonchev–Trinajstić information content (AvgIpc) is 3.26.